The van der Waals surface area contributed by atoms with Crippen molar-refractivity contribution in [3.8, 4) is 5.75 Å². The third-order valence-corrected chi connectivity index (χ3v) is 6.50. The highest BCUT2D eigenvalue weighted by molar-refractivity contribution is 5.88. The predicted octanol–water partition coefficient (Wildman–Crippen LogP) is 5.84. The van der Waals surface area contributed by atoms with E-state index in [4.69, 9.17) is 4.74 Å². The van der Waals surface area contributed by atoms with Crippen LogP contribution in [0.4, 0.5) is 0 Å². The van der Waals surface area contributed by atoms with Crippen LogP contribution in [-0.2, 0) is 28.0 Å². The van der Waals surface area contributed by atoms with Gasteiger partial charge in [-0.2, -0.15) is 0 Å². The van der Waals surface area contributed by atoms with Gasteiger partial charge in [-0.25, -0.2) is 0 Å². The van der Waals surface area contributed by atoms with E-state index in [2.05, 4.69) is 26.1 Å². The zero-order chi connectivity index (χ0) is 26.8. The summed E-state index contributed by atoms with van der Waals surface area (Å²) in [7, 11) is 0. The molecular weight excluding hydrogens is 460 g/mol. The molecule has 0 aliphatic heterocycles. The molecule has 3 rings (SSSR count). The number of aryl methyl sites for hydroxylation is 1. The van der Waals surface area contributed by atoms with E-state index >= 15 is 0 Å². The van der Waals surface area contributed by atoms with Gasteiger partial charge in [-0.15, -0.1) is 0 Å². The van der Waals surface area contributed by atoms with Crippen LogP contribution in [0.1, 0.15) is 56.4 Å². The number of hydrogen-bond acceptors (Lipinski definition) is 3. The normalized spacial score (nSPS) is 12.0. The molecular formula is C32H40N2O3. The zero-order valence-corrected chi connectivity index (χ0v) is 22.8. The Balaban J connectivity index is 1.87. The van der Waals surface area contributed by atoms with Gasteiger partial charge in [0, 0.05) is 19.5 Å². The number of benzene rings is 3. The molecule has 0 aliphatic rings. The monoisotopic (exact) mass is 500 g/mol. The molecule has 0 fully saturated rings. The Hall–Kier alpha value is -3.60. The summed E-state index contributed by atoms with van der Waals surface area (Å²) in [5, 5.41) is 3.01. The van der Waals surface area contributed by atoms with Gasteiger partial charge in [-0.1, -0.05) is 94.4 Å². The van der Waals surface area contributed by atoms with Crippen molar-refractivity contribution in [2.45, 2.75) is 65.5 Å². The van der Waals surface area contributed by atoms with Crippen molar-refractivity contribution in [2.24, 2.45) is 0 Å². The minimum absolute atomic E-state index is 0.0369. The van der Waals surface area contributed by atoms with E-state index in [0.29, 0.717) is 25.3 Å². The van der Waals surface area contributed by atoms with Crippen LogP contribution in [0, 0.1) is 6.92 Å². The summed E-state index contributed by atoms with van der Waals surface area (Å²) in [5.41, 5.74) is 4.32. The third kappa shape index (κ3) is 8.21. The minimum atomic E-state index is -0.659. The van der Waals surface area contributed by atoms with Gasteiger partial charge in [0.05, 0.1) is 0 Å². The molecule has 0 saturated heterocycles. The first kappa shape index (κ1) is 28.0. The van der Waals surface area contributed by atoms with Gasteiger partial charge in [0.1, 0.15) is 11.8 Å². The maximum atomic E-state index is 13.7. The maximum Gasteiger partial charge on any atom is 0.261 e. The van der Waals surface area contributed by atoms with E-state index in [0.717, 1.165) is 23.1 Å². The zero-order valence-electron chi connectivity index (χ0n) is 22.8. The van der Waals surface area contributed by atoms with E-state index in [1.807, 2.05) is 92.7 Å². The SMILES string of the molecule is CCCNC(=O)C(Cc1ccccc1)N(Cc1ccccc1C)C(=O)COc1ccc(C(C)(C)C)cc1. The molecule has 1 unspecified atom stereocenters. The largest absolute Gasteiger partial charge is 0.484 e. The number of carbonyl (C=O) groups excluding carboxylic acids is 2. The third-order valence-electron chi connectivity index (χ3n) is 6.50. The number of ether oxygens (including phenoxy) is 1. The Kier molecular flexibility index (Phi) is 9.90. The first-order valence-electron chi connectivity index (χ1n) is 13.1. The van der Waals surface area contributed by atoms with Gasteiger partial charge >= 0.3 is 0 Å². The van der Waals surface area contributed by atoms with Gasteiger partial charge in [0.25, 0.3) is 5.91 Å². The number of amides is 2. The van der Waals surface area contributed by atoms with Gasteiger partial charge in [-0.3, -0.25) is 9.59 Å². The molecule has 0 aromatic heterocycles. The van der Waals surface area contributed by atoms with Crippen molar-refractivity contribution >= 4 is 11.8 Å². The van der Waals surface area contributed by atoms with Crippen molar-refractivity contribution in [1.82, 2.24) is 10.2 Å². The number of nitrogens with one attached hydrogen (secondary N) is 1. The standard InChI is InChI=1S/C32H40N2O3/c1-6-20-33-31(36)29(21-25-13-8-7-9-14-25)34(22-26-15-11-10-12-24(26)2)30(35)23-37-28-18-16-27(17-19-28)32(3,4)5/h7-19,29H,6,20-23H2,1-5H3,(H,33,36). The summed E-state index contributed by atoms with van der Waals surface area (Å²) in [5.74, 6) is 0.255. The Bertz CT molecular complexity index is 1150. The second-order valence-electron chi connectivity index (χ2n) is 10.5. The number of carbonyl (C=O) groups is 2. The highest BCUT2D eigenvalue weighted by Crippen LogP contribution is 2.24. The second kappa shape index (κ2) is 13.1. The number of rotatable bonds is 11. The first-order valence-corrected chi connectivity index (χ1v) is 13.1. The Morgan fingerprint density at radius 2 is 1.57 bits per heavy atom. The van der Waals surface area contributed by atoms with Crippen molar-refractivity contribution in [3.63, 3.8) is 0 Å². The molecule has 3 aromatic rings. The van der Waals surface area contributed by atoms with Crippen LogP contribution < -0.4 is 10.1 Å². The molecule has 0 bridgehead atoms. The lowest BCUT2D eigenvalue weighted by Crippen LogP contribution is -2.51. The fourth-order valence-electron chi connectivity index (χ4n) is 4.17. The van der Waals surface area contributed by atoms with E-state index in [1.54, 1.807) is 4.90 Å². The van der Waals surface area contributed by atoms with Crippen LogP contribution in [0.25, 0.3) is 0 Å². The Labute approximate surface area is 221 Å². The first-order chi connectivity index (χ1) is 17.7. The van der Waals surface area contributed by atoms with Crippen LogP contribution in [0.15, 0.2) is 78.9 Å². The van der Waals surface area contributed by atoms with Crippen LogP contribution in [-0.4, -0.2) is 35.9 Å². The topological polar surface area (TPSA) is 58.6 Å². The molecule has 1 atom stereocenters. The smallest absolute Gasteiger partial charge is 0.261 e. The lowest BCUT2D eigenvalue weighted by atomic mass is 9.87. The molecule has 5 nitrogen and oxygen atoms in total. The highest BCUT2D eigenvalue weighted by Gasteiger charge is 2.30. The summed E-state index contributed by atoms with van der Waals surface area (Å²) < 4.78 is 5.92. The van der Waals surface area contributed by atoms with Gasteiger partial charge < -0.3 is 15.0 Å². The van der Waals surface area contributed by atoms with Crippen molar-refractivity contribution in [3.05, 3.63) is 101 Å². The van der Waals surface area contributed by atoms with E-state index in [-0.39, 0.29) is 23.8 Å². The van der Waals surface area contributed by atoms with E-state index in [1.165, 1.54) is 5.56 Å². The fourth-order valence-corrected chi connectivity index (χ4v) is 4.17. The van der Waals surface area contributed by atoms with Crippen molar-refractivity contribution in [1.29, 1.82) is 0 Å². The fraction of sp³-hybridized carbons (Fsp3) is 0.375. The summed E-state index contributed by atoms with van der Waals surface area (Å²) in [6.45, 7) is 11.3. The van der Waals surface area contributed by atoms with Crippen molar-refractivity contribution in [2.75, 3.05) is 13.2 Å². The second-order valence-corrected chi connectivity index (χ2v) is 10.5. The summed E-state index contributed by atoms with van der Waals surface area (Å²) >= 11 is 0. The van der Waals surface area contributed by atoms with Crippen LogP contribution >= 0.6 is 0 Å². The van der Waals surface area contributed by atoms with Crippen LogP contribution in [0.2, 0.25) is 0 Å². The number of nitrogens with zero attached hydrogens (tertiary/aromatic N) is 1. The molecule has 196 valence electrons. The minimum Gasteiger partial charge on any atom is -0.484 e. The Morgan fingerprint density at radius 1 is 0.919 bits per heavy atom. The summed E-state index contributed by atoms with van der Waals surface area (Å²) in [6, 6.07) is 25.0. The molecule has 37 heavy (non-hydrogen) atoms. The van der Waals surface area contributed by atoms with Crippen LogP contribution in [0.5, 0.6) is 5.75 Å². The summed E-state index contributed by atoms with van der Waals surface area (Å²) in [4.78, 5) is 28.7. The maximum absolute atomic E-state index is 13.7. The van der Waals surface area contributed by atoms with Gasteiger partial charge in [0.2, 0.25) is 5.91 Å². The molecule has 0 radical (unpaired) electrons. The molecule has 1 N–H and O–H groups in total. The van der Waals surface area contributed by atoms with Gasteiger partial charge in [-0.05, 0) is 53.1 Å². The summed E-state index contributed by atoms with van der Waals surface area (Å²) in [6.07, 6.45) is 1.25. The lowest BCUT2D eigenvalue weighted by molar-refractivity contribution is -0.142. The molecule has 0 spiro atoms. The quantitative estimate of drug-likeness (QED) is 0.360. The Morgan fingerprint density at radius 3 is 2.19 bits per heavy atom. The van der Waals surface area contributed by atoms with Gasteiger partial charge in [0.15, 0.2) is 6.61 Å². The molecule has 0 heterocycles. The average molecular weight is 501 g/mol. The van der Waals surface area contributed by atoms with E-state index < -0.39 is 6.04 Å². The predicted molar refractivity (Wildman–Crippen MR) is 150 cm³/mol. The molecule has 0 saturated carbocycles. The molecule has 2 amide bonds. The average Bonchev–Trinajstić information content (AvgIpc) is 2.89. The van der Waals surface area contributed by atoms with Crippen LogP contribution in [0.3, 0.4) is 0 Å². The van der Waals surface area contributed by atoms with Crippen molar-refractivity contribution < 1.29 is 14.3 Å². The van der Waals surface area contributed by atoms with E-state index in [9.17, 15) is 9.59 Å². The molecule has 5 heteroatoms. The molecule has 0 aliphatic carbocycles. The lowest BCUT2D eigenvalue weighted by Gasteiger charge is -2.32. The highest BCUT2D eigenvalue weighted by atomic mass is 16.5. The number of hydrogen-bond donors (Lipinski definition) is 1. The molecule has 3 aromatic carbocycles.